The Hall–Kier alpha value is -2.59. The predicted octanol–water partition coefficient (Wildman–Crippen LogP) is 5.41. The Labute approximate surface area is 202 Å². The number of nitrogens with zero attached hydrogens (tertiary/aromatic N) is 1. The number of carbonyl (C=O) groups excluding carboxylic acids is 1. The Bertz CT molecular complexity index is 1070. The van der Waals surface area contributed by atoms with Crippen LogP contribution < -0.4 is 19.6 Å². The van der Waals surface area contributed by atoms with E-state index in [0.717, 1.165) is 19.2 Å². The summed E-state index contributed by atoms with van der Waals surface area (Å²) in [6, 6.07) is 18.4. The number of benzene rings is 3. The molecule has 0 saturated heterocycles. The van der Waals surface area contributed by atoms with Crippen LogP contribution in [0.3, 0.4) is 0 Å². The normalized spacial score (nSPS) is 10.7. The minimum atomic E-state index is -0.310. The third kappa shape index (κ3) is 6.44. The molecule has 0 aromatic heterocycles. The van der Waals surface area contributed by atoms with Crippen LogP contribution in [-0.2, 0) is 6.61 Å². The number of hydrogen-bond donors (Lipinski definition) is 1. The largest absolute Gasteiger partial charge is 0.497 e. The van der Waals surface area contributed by atoms with Crippen molar-refractivity contribution in [1.29, 1.82) is 0 Å². The molecule has 0 unspecified atom stereocenters. The zero-order valence-electron chi connectivity index (χ0n) is 16.9. The Balaban J connectivity index is 1.66. The molecule has 1 N–H and O–H groups in total. The minimum absolute atomic E-state index is 0.310. The molecule has 8 heteroatoms. The quantitative estimate of drug-likeness (QED) is 0.215. The van der Waals surface area contributed by atoms with Gasteiger partial charge in [-0.05, 0) is 82.2 Å². The summed E-state index contributed by atoms with van der Waals surface area (Å²) in [7, 11) is 3.16. The highest BCUT2D eigenvalue weighted by Crippen LogP contribution is 2.34. The Kier molecular flexibility index (Phi) is 8.30. The Morgan fingerprint density at radius 3 is 2.42 bits per heavy atom. The molecule has 1 amide bonds. The predicted molar refractivity (Wildman–Crippen MR) is 132 cm³/mol. The van der Waals surface area contributed by atoms with E-state index in [0.29, 0.717) is 29.4 Å². The first-order valence-corrected chi connectivity index (χ1v) is 11.1. The molecule has 0 aliphatic carbocycles. The van der Waals surface area contributed by atoms with Crippen molar-refractivity contribution in [1.82, 2.24) is 5.43 Å². The number of hydrazone groups is 1. The van der Waals surface area contributed by atoms with Gasteiger partial charge in [-0.3, -0.25) is 4.79 Å². The molecule has 160 valence electrons. The highest BCUT2D eigenvalue weighted by atomic mass is 127. The summed E-state index contributed by atoms with van der Waals surface area (Å²) >= 11 is 5.62. The van der Waals surface area contributed by atoms with Crippen molar-refractivity contribution in [2.75, 3.05) is 14.2 Å². The average Bonchev–Trinajstić information content (AvgIpc) is 2.79. The summed E-state index contributed by atoms with van der Waals surface area (Å²) in [4.78, 5) is 12.2. The molecule has 6 nitrogen and oxygen atoms in total. The zero-order valence-corrected chi connectivity index (χ0v) is 20.6. The molecule has 0 heterocycles. The second kappa shape index (κ2) is 11.1. The number of ether oxygens (including phenoxy) is 3. The summed E-state index contributed by atoms with van der Waals surface area (Å²) in [5, 5.41) is 4.05. The zero-order chi connectivity index (χ0) is 22.2. The number of amides is 1. The lowest BCUT2D eigenvalue weighted by molar-refractivity contribution is 0.0955. The van der Waals surface area contributed by atoms with Crippen LogP contribution in [0.4, 0.5) is 0 Å². The van der Waals surface area contributed by atoms with Crippen molar-refractivity contribution >= 4 is 50.6 Å². The lowest BCUT2D eigenvalue weighted by Gasteiger charge is -2.13. The lowest BCUT2D eigenvalue weighted by atomic mass is 10.2. The molecule has 0 bridgehead atoms. The van der Waals surface area contributed by atoms with Crippen LogP contribution in [0, 0.1) is 3.57 Å². The third-order valence-corrected chi connectivity index (χ3v) is 5.61. The second-order valence-corrected chi connectivity index (χ2v) is 8.45. The molecule has 3 aromatic carbocycles. The van der Waals surface area contributed by atoms with Gasteiger partial charge in [0.15, 0.2) is 11.5 Å². The second-order valence-electron chi connectivity index (χ2n) is 6.38. The molecular formula is C23H20BrIN2O4. The molecule has 0 saturated carbocycles. The van der Waals surface area contributed by atoms with E-state index < -0.39 is 0 Å². The molecular weight excluding hydrogens is 575 g/mol. The Morgan fingerprint density at radius 2 is 1.77 bits per heavy atom. The first-order chi connectivity index (χ1) is 15.0. The van der Waals surface area contributed by atoms with Gasteiger partial charge in [0.05, 0.1) is 24.0 Å². The summed E-state index contributed by atoms with van der Waals surface area (Å²) in [5.74, 6) is 1.62. The molecule has 3 aromatic rings. The fourth-order valence-electron chi connectivity index (χ4n) is 2.66. The monoisotopic (exact) mass is 594 g/mol. The molecule has 0 spiro atoms. The molecule has 0 aliphatic rings. The number of methoxy groups -OCH3 is 2. The first kappa shape index (κ1) is 23.1. The van der Waals surface area contributed by atoms with Gasteiger partial charge in [-0.25, -0.2) is 5.43 Å². The van der Waals surface area contributed by atoms with Gasteiger partial charge >= 0.3 is 0 Å². The van der Waals surface area contributed by atoms with Crippen LogP contribution in [0.15, 0.2) is 70.2 Å². The van der Waals surface area contributed by atoms with Gasteiger partial charge in [0.1, 0.15) is 12.4 Å². The standard InChI is InChI=1S/C23H20BrIN2O4/c1-29-19-9-5-17(6-10-19)23(28)27-26-13-16-11-20(25)22(21(12-16)30-2)31-14-15-3-7-18(24)8-4-15/h3-13H,14H2,1-2H3,(H,27,28)/b26-13-. The summed E-state index contributed by atoms with van der Waals surface area (Å²) in [6.07, 6.45) is 1.56. The number of hydrogen-bond acceptors (Lipinski definition) is 5. The minimum Gasteiger partial charge on any atom is -0.497 e. The Morgan fingerprint density at radius 1 is 1.06 bits per heavy atom. The number of nitrogens with one attached hydrogen (secondary N) is 1. The van der Waals surface area contributed by atoms with Gasteiger partial charge in [0.25, 0.3) is 5.91 Å². The van der Waals surface area contributed by atoms with Crippen LogP contribution >= 0.6 is 38.5 Å². The van der Waals surface area contributed by atoms with E-state index in [2.05, 4.69) is 49.0 Å². The molecule has 0 aliphatic heterocycles. The van der Waals surface area contributed by atoms with Gasteiger partial charge in [0, 0.05) is 10.0 Å². The summed E-state index contributed by atoms with van der Waals surface area (Å²) in [6.45, 7) is 0.422. The van der Waals surface area contributed by atoms with Gasteiger partial charge in [-0.2, -0.15) is 5.10 Å². The van der Waals surface area contributed by atoms with E-state index in [1.165, 1.54) is 0 Å². The van der Waals surface area contributed by atoms with Crippen molar-refractivity contribution in [2.45, 2.75) is 6.61 Å². The van der Waals surface area contributed by atoms with E-state index in [4.69, 9.17) is 14.2 Å². The van der Waals surface area contributed by atoms with Crippen molar-refractivity contribution in [3.8, 4) is 17.2 Å². The maximum Gasteiger partial charge on any atom is 0.271 e. The topological polar surface area (TPSA) is 69.2 Å². The van der Waals surface area contributed by atoms with Crippen molar-refractivity contribution in [3.05, 3.63) is 85.4 Å². The maximum atomic E-state index is 12.2. The molecule has 31 heavy (non-hydrogen) atoms. The number of rotatable bonds is 8. The van der Waals surface area contributed by atoms with E-state index >= 15 is 0 Å². The van der Waals surface area contributed by atoms with E-state index in [9.17, 15) is 4.79 Å². The number of carbonyl (C=O) groups is 1. The maximum absolute atomic E-state index is 12.2. The van der Waals surface area contributed by atoms with Crippen LogP contribution in [0.25, 0.3) is 0 Å². The van der Waals surface area contributed by atoms with Crippen LogP contribution in [0.5, 0.6) is 17.2 Å². The van der Waals surface area contributed by atoms with Gasteiger partial charge < -0.3 is 14.2 Å². The average molecular weight is 595 g/mol. The van der Waals surface area contributed by atoms with Crippen LogP contribution in [-0.4, -0.2) is 26.3 Å². The lowest BCUT2D eigenvalue weighted by Crippen LogP contribution is -2.17. The van der Waals surface area contributed by atoms with Crippen molar-refractivity contribution in [2.24, 2.45) is 5.10 Å². The van der Waals surface area contributed by atoms with Gasteiger partial charge in [0.2, 0.25) is 0 Å². The molecule has 3 rings (SSSR count). The SMILES string of the molecule is COc1ccc(C(=O)N/N=C\c2cc(I)c(OCc3ccc(Br)cc3)c(OC)c2)cc1. The van der Waals surface area contributed by atoms with Crippen LogP contribution in [0.2, 0.25) is 0 Å². The smallest absolute Gasteiger partial charge is 0.271 e. The molecule has 0 radical (unpaired) electrons. The molecule has 0 fully saturated rings. The summed E-state index contributed by atoms with van der Waals surface area (Å²) < 4.78 is 18.5. The first-order valence-electron chi connectivity index (χ1n) is 9.22. The summed E-state index contributed by atoms with van der Waals surface area (Å²) in [5.41, 5.74) is 4.83. The van der Waals surface area contributed by atoms with Gasteiger partial charge in [-0.1, -0.05) is 28.1 Å². The van der Waals surface area contributed by atoms with E-state index in [-0.39, 0.29) is 5.91 Å². The van der Waals surface area contributed by atoms with E-state index in [1.54, 1.807) is 44.7 Å². The number of halogens is 2. The van der Waals surface area contributed by atoms with Crippen LogP contribution in [0.1, 0.15) is 21.5 Å². The highest BCUT2D eigenvalue weighted by molar-refractivity contribution is 14.1. The van der Waals surface area contributed by atoms with Gasteiger partial charge in [-0.15, -0.1) is 0 Å². The van der Waals surface area contributed by atoms with Crippen molar-refractivity contribution in [3.63, 3.8) is 0 Å². The highest BCUT2D eigenvalue weighted by Gasteiger charge is 2.12. The fourth-order valence-corrected chi connectivity index (χ4v) is 3.71. The third-order valence-electron chi connectivity index (χ3n) is 4.28. The molecule has 0 atom stereocenters. The van der Waals surface area contributed by atoms with Crippen molar-refractivity contribution < 1.29 is 19.0 Å². The van der Waals surface area contributed by atoms with E-state index in [1.807, 2.05) is 36.4 Å². The fraction of sp³-hybridized carbons (Fsp3) is 0.130.